The average Bonchev–Trinajstić information content (AvgIpc) is 2.94. The predicted molar refractivity (Wildman–Crippen MR) is 159 cm³/mol. The molecule has 0 heterocycles. The van der Waals surface area contributed by atoms with Crippen LogP contribution in [0.15, 0.2) is 102 Å². The summed E-state index contributed by atoms with van der Waals surface area (Å²) in [4.78, 5) is 13.0. The van der Waals surface area contributed by atoms with Crippen LogP contribution in [-0.2, 0) is 20.6 Å². The van der Waals surface area contributed by atoms with Crippen molar-refractivity contribution >= 4 is 45.0 Å². The lowest BCUT2D eigenvalue weighted by Crippen LogP contribution is -2.41. The van der Waals surface area contributed by atoms with Crippen LogP contribution in [0.2, 0.25) is 5.02 Å². The average molecular weight is 599 g/mol. The van der Waals surface area contributed by atoms with Gasteiger partial charge in [-0.2, -0.15) is 11.8 Å². The maximum absolute atomic E-state index is 14.0. The number of carbonyl (C=O) groups excluding carboxylic acids is 1. The summed E-state index contributed by atoms with van der Waals surface area (Å²) >= 11 is 7.48. The molecule has 10 heteroatoms. The minimum Gasteiger partial charge on any atom is -0.457 e. The van der Waals surface area contributed by atoms with E-state index in [9.17, 15) is 17.6 Å². The van der Waals surface area contributed by atoms with Crippen LogP contribution < -0.4 is 14.4 Å². The Morgan fingerprint density at radius 1 is 0.925 bits per heavy atom. The lowest BCUT2D eigenvalue weighted by atomic mass is 10.2. The number of carbonyl (C=O) groups is 1. The zero-order valence-electron chi connectivity index (χ0n) is 21.7. The number of sulfonamides is 1. The number of amides is 1. The van der Waals surface area contributed by atoms with E-state index in [0.29, 0.717) is 39.3 Å². The van der Waals surface area contributed by atoms with Gasteiger partial charge in [-0.3, -0.25) is 9.10 Å². The Labute approximate surface area is 243 Å². The summed E-state index contributed by atoms with van der Waals surface area (Å²) < 4.78 is 48.1. The number of nitrogens with one attached hydrogen (secondary N) is 1. The Morgan fingerprint density at radius 2 is 1.60 bits per heavy atom. The molecule has 0 radical (unpaired) electrons. The van der Waals surface area contributed by atoms with E-state index in [1.165, 1.54) is 30.0 Å². The molecule has 0 aromatic heterocycles. The van der Waals surface area contributed by atoms with Crippen LogP contribution in [0.4, 0.5) is 10.1 Å². The number of benzene rings is 4. The molecule has 0 saturated heterocycles. The highest BCUT2D eigenvalue weighted by Gasteiger charge is 2.27. The van der Waals surface area contributed by atoms with Crippen LogP contribution >= 0.6 is 23.4 Å². The molecule has 0 aliphatic carbocycles. The topological polar surface area (TPSA) is 75.7 Å². The van der Waals surface area contributed by atoms with E-state index in [4.69, 9.17) is 16.3 Å². The predicted octanol–water partition coefficient (Wildman–Crippen LogP) is 6.82. The number of aryl methyl sites for hydroxylation is 1. The first-order valence-electron chi connectivity index (χ1n) is 12.4. The van der Waals surface area contributed by atoms with Crippen molar-refractivity contribution in [3.05, 3.63) is 119 Å². The second kappa shape index (κ2) is 13.7. The third kappa shape index (κ3) is 7.78. The highest BCUT2D eigenvalue weighted by Crippen LogP contribution is 2.28. The molecule has 0 fully saturated rings. The summed E-state index contributed by atoms with van der Waals surface area (Å²) in [6, 6.07) is 26.7. The molecule has 4 aromatic rings. The Balaban J connectivity index is 1.44. The summed E-state index contributed by atoms with van der Waals surface area (Å²) in [5, 5.41) is 3.11. The first-order valence-corrected chi connectivity index (χ1v) is 15.4. The molecule has 6 nitrogen and oxygen atoms in total. The van der Waals surface area contributed by atoms with E-state index in [-0.39, 0.29) is 17.3 Å². The van der Waals surface area contributed by atoms with Gasteiger partial charge in [0.15, 0.2) is 0 Å². The van der Waals surface area contributed by atoms with Crippen molar-refractivity contribution in [2.24, 2.45) is 0 Å². The zero-order valence-corrected chi connectivity index (χ0v) is 24.1. The monoisotopic (exact) mass is 598 g/mol. The molecule has 1 N–H and O–H groups in total. The van der Waals surface area contributed by atoms with E-state index in [1.807, 2.05) is 37.3 Å². The van der Waals surface area contributed by atoms with E-state index < -0.39 is 22.5 Å². The third-order valence-corrected chi connectivity index (χ3v) is 9.00. The Morgan fingerprint density at radius 3 is 2.27 bits per heavy atom. The number of halogens is 2. The molecular weight excluding hydrogens is 571 g/mol. The lowest BCUT2D eigenvalue weighted by molar-refractivity contribution is -0.119. The minimum absolute atomic E-state index is 0.0767. The number of anilines is 1. The van der Waals surface area contributed by atoms with Gasteiger partial charge in [0.1, 0.15) is 23.9 Å². The van der Waals surface area contributed by atoms with E-state index in [0.717, 1.165) is 9.87 Å². The third-order valence-electron chi connectivity index (χ3n) is 5.88. The second-order valence-corrected chi connectivity index (χ2v) is 12.2. The quantitative estimate of drug-likeness (QED) is 0.181. The van der Waals surface area contributed by atoms with Crippen molar-refractivity contribution in [2.75, 3.05) is 23.1 Å². The van der Waals surface area contributed by atoms with Gasteiger partial charge in [0.2, 0.25) is 5.91 Å². The summed E-state index contributed by atoms with van der Waals surface area (Å²) in [6.07, 6.45) is 0. The SMILES string of the molecule is Cc1ccc(S(=O)(=O)N(CC(=O)NCCSCc2c(F)cccc2Cl)c2ccc(Oc3ccccc3)cc2)cc1. The van der Waals surface area contributed by atoms with Crippen molar-refractivity contribution in [1.82, 2.24) is 5.32 Å². The molecule has 0 aliphatic rings. The van der Waals surface area contributed by atoms with Gasteiger partial charge < -0.3 is 10.1 Å². The van der Waals surface area contributed by atoms with Gasteiger partial charge in [-0.15, -0.1) is 0 Å². The molecule has 1 amide bonds. The van der Waals surface area contributed by atoms with Crippen molar-refractivity contribution in [2.45, 2.75) is 17.6 Å². The van der Waals surface area contributed by atoms with Gasteiger partial charge in [0.25, 0.3) is 10.0 Å². The van der Waals surface area contributed by atoms with Gasteiger partial charge in [-0.05, 0) is 67.6 Å². The molecule has 0 aliphatic heterocycles. The smallest absolute Gasteiger partial charge is 0.264 e. The van der Waals surface area contributed by atoms with Crippen LogP contribution in [0.25, 0.3) is 0 Å². The highest BCUT2D eigenvalue weighted by atomic mass is 35.5. The molecule has 4 aromatic carbocycles. The summed E-state index contributed by atoms with van der Waals surface area (Å²) in [6.45, 7) is 1.72. The number of ether oxygens (including phenoxy) is 1. The van der Waals surface area contributed by atoms with Crippen molar-refractivity contribution in [3.8, 4) is 11.5 Å². The number of nitrogens with zero attached hydrogens (tertiary/aromatic N) is 1. The fourth-order valence-corrected chi connectivity index (χ4v) is 6.37. The Hall–Kier alpha value is -3.53. The second-order valence-electron chi connectivity index (χ2n) is 8.84. The normalized spacial score (nSPS) is 11.2. The maximum Gasteiger partial charge on any atom is 0.264 e. The molecule has 0 unspecified atom stereocenters. The van der Waals surface area contributed by atoms with Gasteiger partial charge >= 0.3 is 0 Å². The van der Waals surface area contributed by atoms with Gasteiger partial charge in [0.05, 0.1) is 10.6 Å². The molecule has 0 atom stereocenters. The largest absolute Gasteiger partial charge is 0.457 e. The molecule has 208 valence electrons. The van der Waals surface area contributed by atoms with Crippen molar-refractivity contribution < 1.29 is 22.3 Å². The van der Waals surface area contributed by atoms with E-state index >= 15 is 0 Å². The first-order chi connectivity index (χ1) is 19.2. The number of hydrogen-bond acceptors (Lipinski definition) is 5. The fourth-order valence-electron chi connectivity index (χ4n) is 3.75. The van der Waals surface area contributed by atoms with E-state index in [2.05, 4.69) is 5.32 Å². The number of thioether (sulfide) groups is 1. The maximum atomic E-state index is 14.0. The van der Waals surface area contributed by atoms with Crippen LogP contribution in [0.1, 0.15) is 11.1 Å². The Bertz CT molecular complexity index is 1510. The van der Waals surface area contributed by atoms with Crippen LogP contribution in [0, 0.1) is 12.7 Å². The minimum atomic E-state index is -4.05. The number of rotatable bonds is 12. The molecule has 4 rings (SSSR count). The van der Waals surface area contributed by atoms with Crippen LogP contribution in [-0.4, -0.2) is 33.2 Å². The molecule has 0 bridgehead atoms. The molecule has 40 heavy (non-hydrogen) atoms. The fraction of sp³-hybridized carbons (Fsp3) is 0.167. The molecular formula is C30H28ClFN2O4S2. The molecule has 0 saturated carbocycles. The summed E-state index contributed by atoms with van der Waals surface area (Å²) in [5.74, 6) is 1.18. The van der Waals surface area contributed by atoms with Crippen molar-refractivity contribution in [3.63, 3.8) is 0 Å². The standard InChI is InChI=1S/C30H28ClFN2O4S2/c1-22-10-16-26(17-11-22)40(36,37)34(23-12-14-25(15-13-23)38-24-6-3-2-4-7-24)20-30(35)33-18-19-39-21-27-28(31)8-5-9-29(27)32/h2-17H,18-21H2,1H3,(H,33,35). The zero-order chi connectivity index (χ0) is 28.5. The highest BCUT2D eigenvalue weighted by molar-refractivity contribution is 7.98. The van der Waals surface area contributed by atoms with Crippen molar-refractivity contribution in [1.29, 1.82) is 0 Å². The van der Waals surface area contributed by atoms with Crippen LogP contribution in [0.5, 0.6) is 11.5 Å². The van der Waals surface area contributed by atoms with Gasteiger partial charge in [0, 0.05) is 28.6 Å². The van der Waals surface area contributed by atoms with E-state index in [1.54, 1.807) is 48.5 Å². The number of hydrogen-bond donors (Lipinski definition) is 1. The number of para-hydroxylation sites is 1. The summed E-state index contributed by atoms with van der Waals surface area (Å²) in [5.41, 5.74) is 1.65. The van der Waals surface area contributed by atoms with Gasteiger partial charge in [-0.1, -0.05) is 53.6 Å². The first kappa shape index (κ1) is 29.5. The van der Waals surface area contributed by atoms with Crippen LogP contribution in [0.3, 0.4) is 0 Å². The summed E-state index contributed by atoms with van der Waals surface area (Å²) in [7, 11) is -4.05. The lowest BCUT2D eigenvalue weighted by Gasteiger charge is -2.24. The Kier molecular flexibility index (Phi) is 10.1. The molecule has 0 spiro atoms. The van der Waals surface area contributed by atoms with Gasteiger partial charge in [-0.25, -0.2) is 12.8 Å².